The van der Waals surface area contributed by atoms with Gasteiger partial charge in [0.1, 0.15) is 24.2 Å². The summed E-state index contributed by atoms with van der Waals surface area (Å²) in [4.78, 5) is 68.8. The van der Waals surface area contributed by atoms with Crippen LogP contribution in [-0.2, 0) is 30.4 Å². The van der Waals surface area contributed by atoms with E-state index in [1.54, 1.807) is 0 Å². The second kappa shape index (κ2) is 20.0. The standard InChI is InChI=1S/C31H53N9O6/c1-17(2)14-23(28(44)37-22(26(33)42)12-9-13-36-31(34)35)38-29(45)24(15-18(3)4)39-30(46)25(19(5)41)40-27(43)21(32)16-20-10-7-6-8-11-20/h6-8,10-11,17-19,21-25,41H,9,12-16,32H2,1-5H3,(H2,33,42)(H,37,44)(H,38,45)(H,39,46)(H,40,43)(H4,34,35,36)/t19-,21+,22+,23+,24+,25+/m1/s1. The Morgan fingerprint density at radius 1 is 0.739 bits per heavy atom. The van der Waals surface area contributed by atoms with Crippen LogP contribution in [0.1, 0.15) is 65.9 Å². The Balaban J connectivity index is 3.04. The highest BCUT2D eigenvalue weighted by atomic mass is 16.3. The number of aliphatic hydroxyl groups is 1. The summed E-state index contributed by atoms with van der Waals surface area (Å²) in [6.07, 6.45) is -0.138. The molecule has 13 N–H and O–H groups in total. The number of nitrogens with two attached hydrogens (primary N) is 4. The van der Waals surface area contributed by atoms with Crippen molar-refractivity contribution in [3.05, 3.63) is 35.9 Å². The van der Waals surface area contributed by atoms with Crippen LogP contribution in [0.2, 0.25) is 0 Å². The number of guanidine groups is 1. The number of amides is 5. The highest BCUT2D eigenvalue weighted by Crippen LogP contribution is 2.11. The van der Waals surface area contributed by atoms with Gasteiger partial charge >= 0.3 is 0 Å². The molecule has 46 heavy (non-hydrogen) atoms. The van der Waals surface area contributed by atoms with Gasteiger partial charge in [0.25, 0.3) is 0 Å². The maximum absolute atomic E-state index is 13.5. The Kier molecular flexibility index (Phi) is 17.3. The molecule has 0 aromatic heterocycles. The molecule has 0 radical (unpaired) electrons. The lowest BCUT2D eigenvalue weighted by atomic mass is 9.99. The molecule has 15 heteroatoms. The monoisotopic (exact) mass is 647 g/mol. The first kappa shape index (κ1) is 39.8. The predicted molar refractivity (Wildman–Crippen MR) is 176 cm³/mol. The molecular weight excluding hydrogens is 594 g/mol. The van der Waals surface area contributed by atoms with Crippen molar-refractivity contribution in [2.75, 3.05) is 6.54 Å². The fourth-order valence-corrected chi connectivity index (χ4v) is 4.63. The number of aliphatic hydroxyl groups excluding tert-OH is 1. The first-order valence-electron chi connectivity index (χ1n) is 15.5. The van der Waals surface area contributed by atoms with Gasteiger partial charge in [0.15, 0.2) is 5.96 Å². The topological polar surface area (TPSA) is 270 Å². The molecule has 0 aliphatic rings. The molecule has 0 fully saturated rings. The van der Waals surface area contributed by atoms with Gasteiger partial charge in [-0.3, -0.25) is 29.0 Å². The molecule has 0 aliphatic heterocycles. The molecule has 258 valence electrons. The van der Waals surface area contributed by atoms with E-state index in [1.807, 2.05) is 58.0 Å². The Hall–Kier alpha value is -4.24. The Morgan fingerprint density at radius 2 is 1.24 bits per heavy atom. The van der Waals surface area contributed by atoms with Crippen LogP contribution < -0.4 is 44.2 Å². The lowest BCUT2D eigenvalue weighted by Gasteiger charge is -2.28. The molecule has 0 spiro atoms. The van der Waals surface area contributed by atoms with Gasteiger partial charge in [0, 0.05) is 6.54 Å². The lowest BCUT2D eigenvalue weighted by molar-refractivity contribution is -0.136. The van der Waals surface area contributed by atoms with Gasteiger partial charge in [-0.15, -0.1) is 0 Å². The smallest absolute Gasteiger partial charge is 0.245 e. The lowest BCUT2D eigenvalue weighted by Crippen LogP contribution is -2.61. The van der Waals surface area contributed by atoms with E-state index in [-0.39, 0.29) is 50.0 Å². The van der Waals surface area contributed by atoms with Crippen molar-refractivity contribution in [3.8, 4) is 0 Å². The molecular formula is C31H53N9O6. The normalized spacial score (nSPS) is 15.1. The first-order chi connectivity index (χ1) is 21.5. The zero-order chi connectivity index (χ0) is 35.0. The fraction of sp³-hybridized carbons (Fsp3) is 0.613. The van der Waals surface area contributed by atoms with Crippen molar-refractivity contribution in [2.24, 2.45) is 39.8 Å². The molecule has 6 atom stereocenters. The number of aliphatic imine (C=N–C) groups is 1. The van der Waals surface area contributed by atoms with Crippen LogP contribution in [0.5, 0.6) is 0 Å². The van der Waals surface area contributed by atoms with Crippen LogP contribution in [-0.4, -0.2) is 83.5 Å². The average molecular weight is 648 g/mol. The van der Waals surface area contributed by atoms with Gasteiger partial charge in [0.05, 0.1) is 12.1 Å². The van der Waals surface area contributed by atoms with Crippen molar-refractivity contribution in [1.82, 2.24) is 21.3 Å². The van der Waals surface area contributed by atoms with Crippen molar-refractivity contribution in [2.45, 2.75) is 103 Å². The summed E-state index contributed by atoms with van der Waals surface area (Å²) in [5, 5.41) is 20.8. The molecule has 0 saturated carbocycles. The third kappa shape index (κ3) is 15.2. The second-order valence-electron chi connectivity index (χ2n) is 12.3. The van der Waals surface area contributed by atoms with Crippen molar-refractivity contribution in [3.63, 3.8) is 0 Å². The summed E-state index contributed by atoms with van der Waals surface area (Å²) >= 11 is 0. The van der Waals surface area contributed by atoms with Gasteiger partial charge in [0.2, 0.25) is 29.5 Å². The maximum Gasteiger partial charge on any atom is 0.245 e. The van der Waals surface area contributed by atoms with E-state index in [1.165, 1.54) is 6.92 Å². The average Bonchev–Trinajstić information content (AvgIpc) is 2.95. The Bertz CT molecular complexity index is 1170. The number of nitrogens with zero attached hydrogens (tertiary/aromatic N) is 1. The van der Waals surface area contributed by atoms with E-state index in [0.717, 1.165) is 5.56 Å². The van der Waals surface area contributed by atoms with Crippen LogP contribution in [0.15, 0.2) is 35.3 Å². The van der Waals surface area contributed by atoms with Gasteiger partial charge in [-0.2, -0.15) is 0 Å². The van der Waals surface area contributed by atoms with Crippen LogP contribution in [0.25, 0.3) is 0 Å². The number of carbonyl (C=O) groups excluding carboxylic acids is 5. The van der Waals surface area contributed by atoms with Crippen molar-refractivity contribution in [1.29, 1.82) is 0 Å². The van der Waals surface area contributed by atoms with Crippen molar-refractivity contribution >= 4 is 35.5 Å². The Morgan fingerprint density at radius 3 is 1.70 bits per heavy atom. The van der Waals surface area contributed by atoms with E-state index in [9.17, 15) is 29.1 Å². The van der Waals surface area contributed by atoms with Gasteiger partial charge < -0.3 is 49.3 Å². The minimum absolute atomic E-state index is 0.0296. The summed E-state index contributed by atoms with van der Waals surface area (Å²) in [6.45, 7) is 8.98. The highest BCUT2D eigenvalue weighted by Gasteiger charge is 2.33. The minimum Gasteiger partial charge on any atom is -0.391 e. The van der Waals surface area contributed by atoms with Gasteiger partial charge in [-0.25, -0.2) is 0 Å². The number of rotatable bonds is 20. The fourth-order valence-electron chi connectivity index (χ4n) is 4.63. The number of primary amides is 1. The van der Waals surface area contributed by atoms with E-state index < -0.39 is 65.8 Å². The summed E-state index contributed by atoms with van der Waals surface area (Å²) < 4.78 is 0. The third-order valence-corrected chi connectivity index (χ3v) is 6.98. The molecule has 5 amide bonds. The molecule has 0 bridgehead atoms. The maximum atomic E-state index is 13.5. The molecule has 0 aliphatic carbocycles. The summed E-state index contributed by atoms with van der Waals surface area (Å²) in [5.74, 6) is -3.66. The summed E-state index contributed by atoms with van der Waals surface area (Å²) in [7, 11) is 0. The summed E-state index contributed by atoms with van der Waals surface area (Å²) in [6, 6.07) is 3.51. The number of hydrogen-bond acceptors (Lipinski definition) is 8. The van der Waals surface area contributed by atoms with E-state index in [2.05, 4.69) is 26.3 Å². The van der Waals surface area contributed by atoms with Crippen molar-refractivity contribution < 1.29 is 29.1 Å². The third-order valence-electron chi connectivity index (χ3n) is 6.98. The van der Waals surface area contributed by atoms with Crippen LogP contribution in [0.4, 0.5) is 0 Å². The quantitative estimate of drug-likeness (QED) is 0.0452. The molecule has 1 aromatic carbocycles. The predicted octanol–water partition coefficient (Wildman–Crippen LogP) is -1.49. The molecule has 0 saturated heterocycles. The molecule has 0 heterocycles. The van der Waals surface area contributed by atoms with E-state index in [0.29, 0.717) is 6.42 Å². The van der Waals surface area contributed by atoms with E-state index in [4.69, 9.17) is 22.9 Å². The number of hydrogen-bond donors (Lipinski definition) is 9. The highest BCUT2D eigenvalue weighted by molar-refractivity contribution is 5.96. The molecule has 1 aromatic rings. The van der Waals surface area contributed by atoms with Crippen LogP contribution >= 0.6 is 0 Å². The number of carbonyl (C=O) groups is 5. The first-order valence-corrected chi connectivity index (χ1v) is 15.5. The van der Waals surface area contributed by atoms with Gasteiger partial charge in [-0.05, 0) is 56.4 Å². The molecule has 15 nitrogen and oxygen atoms in total. The van der Waals surface area contributed by atoms with Gasteiger partial charge in [-0.1, -0.05) is 58.0 Å². The largest absolute Gasteiger partial charge is 0.391 e. The number of nitrogens with one attached hydrogen (secondary N) is 4. The zero-order valence-corrected chi connectivity index (χ0v) is 27.5. The van der Waals surface area contributed by atoms with E-state index >= 15 is 0 Å². The second-order valence-corrected chi connectivity index (χ2v) is 12.3. The molecule has 0 unspecified atom stereocenters. The SMILES string of the molecule is CC(C)C[C@H](NC(=O)[C@H](CC(C)C)NC(=O)[C@@H](NC(=O)[C@@H](N)Cc1ccccc1)[C@@H](C)O)C(=O)N[C@@H](CCCN=C(N)N)C(N)=O. The van der Waals surface area contributed by atoms with Crippen LogP contribution in [0.3, 0.4) is 0 Å². The summed E-state index contributed by atoms with van der Waals surface area (Å²) in [5.41, 5.74) is 23.0. The van der Waals surface area contributed by atoms with Crippen LogP contribution in [0, 0.1) is 11.8 Å². The zero-order valence-electron chi connectivity index (χ0n) is 27.5. The Labute approximate surface area is 271 Å². The number of benzene rings is 1. The molecule has 1 rings (SSSR count). The minimum atomic E-state index is -1.40.